The normalized spacial score (nSPS) is 17.7. The van der Waals surface area contributed by atoms with Gasteiger partial charge >= 0.3 is 0 Å². The summed E-state index contributed by atoms with van der Waals surface area (Å²) in [5.41, 5.74) is 1.56. The lowest BCUT2D eigenvalue weighted by Gasteiger charge is -2.35. The zero-order chi connectivity index (χ0) is 21.1. The Morgan fingerprint density at radius 1 is 1.03 bits per heavy atom. The van der Waals surface area contributed by atoms with Crippen LogP contribution in [-0.2, 0) is 16.0 Å². The van der Waals surface area contributed by atoms with Gasteiger partial charge in [0.1, 0.15) is 6.04 Å². The highest BCUT2D eigenvalue weighted by molar-refractivity contribution is 6.42. The van der Waals surface area contributed by atoms with Crippen LogP contribution in [0.3, 0.4) is 0 Å². The van der Waals surface area contributed by atoms with Crippen LogP contribution < -0.4 is 14.8 Å². The Labute approximate surface area is 185 Å². The third-order valence-corrected chi connectivity index (χ3v) is 6.12. The molecular weight excluding hydrogens is 427 g/mol. The lowest BCUT2D eigenvalue weighted by molar-refractivity contribution is -0.140. The van der Waals surface area contributed by atoms with Gasteiger partial charge in [-0.2, -0.15) is 0 Å². The first-order chi connectivity index (χ1) is 14.5. The molecule has 2 amide bonds. The minimum absolute atomic E-state index is 0.0262. The number of aryl methyl sites for hydroxylation is 1. The Morgan fingerprint density at radius 2 is 1.87 bits per heavy atom. The average Bonchev–Trinajstić information content (AvgIpc) is 3.22. The number of hydrogen-bond acceptors (Lipinski definition) is 4. The topological polar surface area (TPSA) is 67.9 Å². The molecule has 1 atom stereocenters. The van der Waals surface area contributed by atoms with Crippen LogP contribution in [0.2, 0.25) is 10.0 Å². The first-order valence-electron chi connectivity index (χ1n) is 9.95. The second kappa shape index (κ2) is 9.14. The fraction of sp³-hybridized carbons (Fsp3) is 0.364. The van der Waals surface area contributed by atoms with E-state index in [1.165, 1.54) is 0 Å². The largest absolute Gasteiger partial charge is 0.454 e. The quantitative estimate of drug-likeness (QED) is 0.720. The SMILES string of the molecule is O=C(Nc1ccc(Cl)c(Cl)c1)C1CCCCN1C(=O)CCc1ccc2c(c1)OCO2. The van der Waals surface area contributed by atoms with Crippen molar-refractivity contribution in [1.82, 2.24) is 4.90 Å². The zero-order valence-corrected chi connectivity index (χ0v) is 17.8. The van der Waals surface area contributed by atoms with Gasteiger partial charge in [-0.05, 0) is 61.6 Å². The van der Waals surface area contributed by atoms with Crippen molar-refractivity contribution in [3.63, 3.8) is 0 Å². The van der Waals surface area contributed by atoms with E-state index in [9.17, 15) is 9.59 Å². The number of rotatable bonds is 5. The third kappa shape index (κ3) is 4.65. The highest BCUT2D eigenvalue weighted by atomic mass is 35.5. The summed E-state index contributed by atoms with van der Waals surface area (Å²) in [4.78, 5) is 27.5. The maximum absolute atomic E-state index is 12.9. The number of carbonyl (C=O) groups excluding carboxylic acids is 2. The van der Waals surface area contributed by atoms with Gasteiger partial charge in [-0.3, -0.25) is 9.59 Å². The van der Waals surface area contributed by atoms with Crippen molar-refractivity contribution in [3.05, 3.63) is 52.0 Å². The molecule has 2 aromatic rings. The minimum atomic E-state index is -0.488. The predicted octanol–water partition coefficient (Wildman–Crippen LogP) is 4.67. The zero-order valence-electron chi connectivity index (χ0n) is 16.3. The smallest absolute Gasteiger partial charge is 0.247 e. The van der Waals surface area contributed by atoms with Crippen molar-refractivity contribution in [3.8, 4) is 11.5 Å². The number of amides is 2. The van der Waals surface area contributed by atoms with Crippen LogP contribution in [0.25, 0.3) is 0 Å². The Kier molecular flexibility index (Phi) is 6.35. The van der Waals surface area contributed by atoms with Crippen molar-refractivity contribution >= 4 is 40.7 Å². The number of carbonyl (C=O) groups is 2. The molecule has 1 fully saturated rings. The fourth-order valence-corrected chi connectivity index (χ4v) is 4.09. The molecule has 0 bridgehead atoms. The van der Waals surface area contributed by atoms with Gasteiger partial charge in [0.15, 0.2) is 11.5 Å². The molecule has 30 heavy (non-hydrogen) atoms. The number of anilines is 1. The van der Waals surface area contributed by atoms with E-state index >= 15 is 0 Å². The molecule has 2 aromatic carbocycles. The molecule has 8 heteroatoms. The van der Waals surface area contributed by atoms with Crippen LogP contribution in [-0.4, -0.2) is 36.1 Å². The van der Waals surface area contributed by atoms with E-state index in [-0.39, 0.29) is 18.6 Å². The van der Waals surface area contributed by atoms with E-state index in [1.807, 2.05) is 18.2 Å². The maximum atomic E-state index is 12.9. The molecule has 0 saturated carbocycles. The molecule has 0 aliphatic carbocycles. The number of ether oxygens (including phenoxy) is 2. The molecule has 2 aliphatic rings. The van der Waals surface area contributed by atoms with Crippen LogP contribution in [0.1, 0.15) is 31.2 Å². The van der Waals surface area contributed by atoms with Crippen molar-refractivity contribution in [2.75, 3.05) is 18.7 Å². The Balaban J connectivity index is 1.39. The molecule has 2 heterocycles. The number of halogens is 2. The first-order valence-corrected chi connectivity index (χ1v) is 10.7. The summed E-state index contributed by atoms with van der Waals surface area (Å²) in [6, 6.07) is 10.1. The molecule has 158 valence electrons. The Morgan fingerprint density at radius 3 is 2.70 bits per heavy atom. The van der Waals surface area contributed by atoms with E-state index in [4.69, 9.17) is 32.7 Å². The van der Waals surface area contributed by atoms with Crippen LogP contribution in [0, 0.1) is 0 Å². The van der Waals surface area contributed by atoms with Crippen LogP contribution in [0.4, 0.5) is 5.69 Å². The number of nitrogens with zero attached hydrogens (tertiary/aromatic N) is 1. The van der Waals surface area contributed by atoms with E-state index in [0.29, 0.717) is 47.3 Å². The molecule has 1 unspecified atom stereocenters. The standard InChI is InChI=1S/C22H22Cl2N2O4/c23-16-7-6-15(12-17(16)24)25-22(28)18-3-1-2-10-26(18)21(27)9-5-14-4-8-19-20(11-14)30-13-29-19/h4,6-8,11-12,18H,1-3,5,9-10,13H2,(H,25,28). The Hall–Kier alpha value is -2.44. The van der Waals surface area contributed by atoms with Crippen LogP contribution in [0.5, 0.6) is 11.5 Å². The van der Waals surface area contributed by atoms with Gasteiger partial charge in [0, 0.05) is 18.7 Å². The van der Waals surface area contributed by atoms with Gasteiger partial charge in [-0.1, -0.05) is 29.3 Å². The van der Waals surface area contributed by atoms with Gasteiger partial charge in [0.25, 0.3) is 0 Å². The molecule has 1 saturated heterocycles. The highest BCUT2D eigenvalue weighted by Crippen LogP contribution is 2.33. The lowest BCUT2D eigenvalue weighted by atomic mass is 9.99. The second-order valence-corrected chi connectivity index (χ2v) is 8.22. The summed E-state index contributed by atoms with van der Waals surface area (Å²) in [7, 11) is 0. The minimum Gasteiger partial charge on any atom is -0.454 e. The van der Waals surface area contributed by atoms with Crippen molar-refractivity contribution < 1.29 is 19.1 Å². The molecule has 0 radical (unpaired) electrons. The summed E-state index contributed by atoms with van der Waals surface area (Å²) >= 11 is 12.0. The van der Waals surface area contributed by atoms with Gasteiger partial charge < -0.3 is 19.7 Å². The Bertz CT molecular complexity index is 966. The van der Waals surface area contributed by atoms with E-state index in [2.05, 4.69) is 5.32 Å². The summed E-state index contributed by atoms with van der Waals surface area (Å²) in [5.74, 6) is 1.20. The molecule has 1 N–H and O–H groups in total. The van der Waals surface area contributed by atoms with Gasteiger partial charge in [-0.25, -0.2) is 0 Å². The number of hydrogen-bond donors (Lipinski definition) is 1. The van der Waals surface area contributed by atoms with E-state index in [0.717, 1.165) is 24.2 Å². The summed E-state index contributed by atoms with van der Waals surface area (Å²) in [5, 5.41) is 3.65. The average molecular weight is 449 g/mol. The first kappa shape index (κ1) is 20.8. The summed E-state index contributed by atoms with van der Waals surface area (Å²) in [6.07, 6.45) is 3.35. The van der Waals surface area contributed by atoms with Gasteiger partial charge in [-0.15, -0.1) is 0 Å². The monoisotopic (exact) mass is 448 g/mol. The maximum Gasteiger partial charge on any atom is 0.247 e. The number of benzene rings is 2. The summed E-state index contributed by atoms with van der Waals surface area (Å²) in [6.45, 7) is 0.806. The van der Waals surface area contributed by atoms with E-state index in [1.54, 1.807) is 23.1 Å². The number of nitrogens with one attached hydrogen (secondary N) is 1. The molecule has 0 spiro atoms. The van der Waals surface area contributed by atoms with Crippen molar-refractivity contribution in [2.45, 2.75) is 38.1 Å². The molecule has 4 rings (SSSR count). The number of piperidine rings is 1. The van der Waals surface area contributed by atoms with Crippen LogP contribution in [0.15, 0.2) is 36.4 Å². The highest BCUT2D eigenvalue weighted by Gasteiger charge is 2.32. The van der Waals surface area contributed by atoms with Crippen LogP contribution >= 0.6 is 23.2 Å². The molecule has 2 aliphatic heterocycles. The molecule has 0 aromatic heterocycles. The molecular formula is C22H22Cl2N2O4. The number of likely N-dealkylation sites (tertiary alicyclic amines) is 1. The fourth-order valence-electron chi connectivity index (χ4n) is 3.79. The predicted molar refractivity (Wildman–Crippen MR) is 115 cm³/mol. The van der Waals surface area contributed by atoms with Gasteiger partial charge in [0.05, 0.1) is 10.0 Å². The van der Waals surface area contributed by atoms with Crippen molar-refractivity contribution in [2.24, 2.45) is 0 Å². The van der Waals surface area contributed by atoms with E-state index < -0.39 is 6.04 Å². The summed E-state index contributed by atoms with van der Waals surface area (Å²) < 4.78 is 10.7. The second-order valence-electron chi connectivity index (χ2n) is 7.40. The molecule has 6 nitrogen and oxygen atoms in total. The lowest BCUT2D eigenvalue weighted by Crippen LogP contribution is -2.50. The number of fused-ring (bicyclic) bond motifs is 1. The van der Waals surface area contributed by atoms with Crippen molar-refractivity contribution in [1.29, 1.82) is 0 Å². The van der Waals surface area contributed by atoms with Gasteiger partial charge in [0.2, 0.25) is 18.6 Å². The third-order valence-electron chi connectivity index (χ3n) is 5.38.